The third kappa shape index (κ3) is 2.99. The predicted octanol–water partition coefficient (Wildman–Crippen LogP) is 1.85. The quantitative estimate of drug-likeness (QED) is 0.748. The van der Waals surface area contributed by atoms with Crippen molar-refractivity contribution in [2.45, 2.75) is 32.4 Å². The molecule has 0 fully saturated rings. The Morgan fingerprint density at radius 2 is 2.33 bits per heavy atom. The molecule has 0 saturated carbocycles. The second-order valence-electron chi connectivity index (χ2n) is 5.45. The maximum Gasteiger partial charge on any atom is 0.224 e. The summed E-state index contributed by atoms with van der Waals surface area (Å²) in [6, 6.07) is 4.06. The van der Waals surface area contributed by atoms with Gasteiger partial charge in [0.25, 0.3) is 0 Å². The fourth-order valence-electron chi connectivity index (χ4n) is 2.59. The lowest BCUT2D eigenvalue weighted by atomic mass is 10.0. The third-order valence-electron chi connectivity index (χ3n) is 3.62. The number of nitrogens with one attached hydrogen (secondary N) is 2. The highest BCUT2D eigenvalue weighted by Gasteiger charge is 2.17. The van der Waals surface area contributed by atoms with Gasteiger partial charge in [-0.2, -0.15) is 0 Å². The molecule has 0 bridgehead atoms. The van der Waals surface area contributed by atoms with Crippen molar-refractivity contribution in [3.63, 3.8) is 0 Å². The Morgan fingerprint density at radius 1 is 1.48 bits per heavy atom. The van der Waals surface area contributed by atoms with Crippen LogP contribution in [0.3, 0.4) is 0 Å². The normalized spacial score (nSPS) is 15.2. The second kappa shape index (κ2) is 5.47. The lowest BCUT2D eigenvalue weighted by Crippen LogP contribution is -2.23. The van der Waals surface area contributed by atoms with E-state index >= 15 is 0 Å². The molecular formula is C15H19N5O. The van der Waals surface area contributed by atoms with Gasteiger partial charge < -0.3 is 20.9 Å². The van der Waals surface area contributed by atoms with Crippen LogP contribution >= 0.6 is 0 Å². The molecule has 0 spiro atoms. The molecule has 0 radical (unpaired) electrons. The smallest absolute Gasteiger partial charge is 0.224 e. The zero-order chi connectivity index (χ0) is 14.8. The molecule has 3 rings (SSSR count). The van der Waals surface area contributed by atoms with E-state index in [0.717, 1.165) is 29.9 Å². The maximum atomic E-state index is 11.5. The van der Waals surface area contributed by atoms with Crippen LogP contribution in [-0.4, -0.2) is 21.5 Å². The van der Waals surface area contributed by atoms with Crippen LogP contribution in [0.5, 0.6) is 0 Å². The first-order chi connectivity index (χ1) is 10.1. The molecule has 2 aromatic rings. The number of nitrogens with zero attached hydrogens (tertiary/aromatic N) is 2. The summed E-state index contributed by atoms with van der Waals surface area (Å²) in [5.74, 6) is 0.0599. The molecule has 1 aromatic heterocycles. The monoisotopic (exact) mass is 285 g/mol. The lowest BCUT2D eigenvalue weighted by Gasteiger charge is -2.22. The molecule has 0 aliphatic carbocycles. The van der Waals surface area contributed by atoms with Gasteiger partial charge in [0.05, 0.1) is 17.7 Å². The molecule has 110 valence electrons. The molecule has 1 unspecified atom stereocenters. The first-order valence-corrected chi connectivity index (χ1v) is 7.06. The van der Waals surface area contributed by atoms with Gasteiger partial charge in [0, 0.05) is 37.1 Å². The number of hydrogen-bond acceptors (Lipinski definition) is 4. The zero-order valence-electron chi connectivity index (χ0n) is 12.0. The van der Waals surface area contributed by atoms with Gasteiger partial charge >= 0.3 is 0 Å². The van der Waals surface area contributed by atoms with E-state index in [1.807, 2.05) is 22.9 Å². The van der Waals surface area contributed by atoms with Crippen molar-refractivity contribution in [2.75, 3.05) is 16.4 Å². The molecule has 4 N–H and O–H groups in total. The van der Waals surface area contributed by atoms with E-state index in [-0.39, 0.29) is 11.9 Å². The highest BCUT2D eigenvalue weighted by atomic mass is 16.1. The van der Waals surface area contributed by atoms with Gasteiger partial charge in [-0.25, -0.2) is 4.98 Å². The lowest BCUT2D eigenvalue weighted by molar-refractivity contribution is -0.116. The van der Waals surface area contributed by atoms with Crippen molar-refractivity contribution in [3.05, 3.63) is 36.4 Å². The number of carbonyl (C=O) groups excluding carboxylic acids is 1. The van der Waals surface area contributed by atoms with Crippen LogP contribution < -0.4 is 16.4 Å². The molecule has 2 heterocycles. The van der Waals surface area contributed by atoms with Crippen LogP contribution in [0.25, 0.3) is 0 Å². The summed E-state index contributed by atoms with van der Waals surface area (Å²) in [4.78, 5) is 15.5. The minimum absolute atomic E-state index is 0.0599. The van der Waals surface area contributed by atoms with E-state index in [2.05, 4.69) is 22.5 Å². The largest absolute Gasteiger partial charge is 0.397 e. The van der Waals surface area contributed by atoms with Gasteiger partial charge in [-0.3, -0.25) is 4.79 Å². The number of amides is 1. The van der Waals surface area contributed by atoms with Gasteiger partial charge in [-0.15, -0.1) is 0 Å². The van der Waals surface area contributed by atoms with E-state index in [1.165, 1.54) is 0 Å². The number of imidazole rings is 1. The minimum Gasteiger partial charge on any atom is -0.397 e. The van der Waals surface area contributed by atoms with Crippen molar-refractivity contribution in [1.29, 1.82) is 0 Å². The SMILES string of the molecule is CC(Cn1ccnc1)Nc1cc2c(cc1N)CCC(=O)N2. The Labute approximate surface area is 123 Å². The Bertz CT molecular complexity index is 650. The van der Waals surface area contributed by atoms with E-state index < -0.39 is 0 Å². The van der Waals surface area contributed by atoms with Crippen LogP contribution in [0.1, 0.15) is 18.9 Å². The molecule has 1 amide bonds. The zero-order valence-corrected chi connectivity index (χ0v) is 12.0. The summed E-state index contributed by atoms with van der Waals surface area (Å²) in [5, 5.41) is 6.29. The standard InChI is InChI=1S/C15H19N5O/c1-10(8-20-5-4-17-9-20)18-14-7-13-11(6-12(14)16)2-3-15(21)19-13/h4-7,9-10,18H,2-3,8,16H2,1H3,(H,19,21). The van der Waals surface area contributed by atoms with E-state index in [1.54, 1.807) is 12.5 Å². The summed E-state index contributed by atoms with van der Waals surface area (Å²) >= 11 is 0. The summed E-state index contributed by atoms with van der Waals surface area (Å²) in [6.45, 7) is 2.88. The number of hydrogen-bond donors (Lipinski definition) is 3. The number of aryl methyl sites for hydroxylation is 1. The average Bonchev–Trinajstić information content (AvgIpc) is 2.93. The summed E-state index contributed by atoms with van der Waals surface area (Å²) in [6.07, 6.45) is 6.74. The van der Waals surface area contributed by atoms with Crippen molar-refractivity contribution >= 4 is 23.0 Å². The molecule has 1 atom stereocenters. The van der Waals surface area contributed by atoms with Gasteiger partial charge in [0.15, 0.2) is 0 Å². The van der Waals surface area contributed by atoms with Gasteiger partial charge in [-0.05, 0) is 31.0 Å². The molecular weight excluding hydrogens is 266 g/mol. The van der Waals surface area contributed by atoms with E-state index in [4.69, 9.17) is 5.73 Å². The maximum absolute atomic E-state index is 11.5. The first kappa shape index (κ1) is 13.5. The summed E-state index contributed by atoms with van der Waals surface area (Å²) < 4.78 is 2.01. The Hall–Kier alpha value is -2.50. The number of aromatic nitrogens is 2. The summed E-state index contributed by atoms with van der Waals surface area (Å²) in [7, 11) is 0. The van der Waals surface area contributed by atoms with Crippen LogP contribution in [0.2, 0.25) is 0 Å². The van der Waals surface area contributed by atoms with Gasteiger partial charge in [-0.1, -0.05) is 0 Å². The molecule has 6 nitrogen and oxygen atoms in total. The second-order valence-corrected chi connectivity index (χ2v) is 5.45. The van der Waals surface area contributed by atoms with Crippen LogP contribution in [0, 0.1) is 0 Å². The number of nitrogen functional groups attached to an aromatic ring is 1. The number of carbonyl (C=O) groups is 1. The van der Waals surface area contributed by atoms with Crippen LogP contribution in [0.15, 0.2) is 30.9 Å². The molecule has 1 aliphatic heterocycles. The number of rotatable bonds is 4. The fraction of sp³-hybridized carbons (Fsp3) is 0.333. The first-order valence-electron chi connectivity index (χ1n) is 7.06. The molecule has 6 heteroatoms. The van der Waals surface area contributed by atoms with Crippen molar-refractivity contribution < 1.29 is 4.79 Å². The number of benzene rings is 1. The van der Waals surface area contributed by atoms with Gasteiger partial charge in [0.2, 0.25) is 5.91 Å². The van der Waals surface area contributed by atoms with Crippen molar-refractivity contribution in [2.24, 2.45) is 0 Å². The molecule has 0 saturated heterocycles. The average molecular weight is 285 g/mol. The van der Waals surface area contributed by atoms with Crippen molar-refractivity contribution in [1.82, 2.24) is 9.55 Å². The Kier molecular flexibility index (Phi) is 3.51. The highest BCUT2D eigenvalue weighted by Crippen LogP contribution is 2.31. The van der Waals surface area contributed by atoms with Crippen LogP contribution in [0.4, 0.5) is 17.1 Å². The Morgan fingerprint density at radius 3 is 3.10 bits per heavy atom. The molecule has 21 heavy (non-hydrogen) atoms. The van der Waals surface area contributed by atoms with Gasteiger partial charge in [0.1, 0.15) is 0 Å². The third-order valence-corrected chi connectivity index (χ3v) is 3.62. The van der Waals surface area contributed by atoms with Crippen molar-refractivity contribution in [3.8, 4) is 0 Å². The number of anilines is 3. The number of nitrogens with two attached hydrogens (primary N) is 1. The Balaban J connectivity index is 1.75. The van der Waals surface area contributed by atoms with Crippen LogP contribution in [-0.2, 0) is 17.8 Å². The van der Waals surface area contributed by atoms with E-state index in [0.29, 0.717) is 12.1 Å². The van der Waals surface area contributed by atoms with E-state index in [9.17, 15) is 4.79 Å². The highest BCUT2D eigenvalue weighted by molar-refractivity contribution is 5.95. The molecule has 1 aliphatic rings. The predicted molar refractivity (Wildman–Crippen MR) is 83.1 cm³/mol. The minimum atomic E-state index is 0.0599. The molecule has 1 aromatic carbocycles. The number of fused-ring (bicyclic) bond motifs is 1. The topological polar surface area (TPSA) is 85.0 Å². The summed E-state index contributed by atoms with van der Waals surface area (Å²) in [5.41, 5.74) is 9.62. The fourth-order valence-corrected chi connectivity index (χ4v) is 2.59.